The smallest absolute Gasteiger partial charge is 0.243 e. The van der Waals surface area contributed by atoms with E-state index in [9.17, 15) is 13.2 Å². The van der Waals surface area contributed by atoms with Crippen LogP contribution in [-0.2, 0) is 21.2 Å². The molecule has 0 unspecified atom stereocenters. The summed E-state index contributed by atoms with van der Waals surface area (Å²) in [4.78, 5) is 12.9. The molecule has 0 radical (unpaired) electrons. The summed E-state index contributed by atoms with van der Waals surface area (Å²) in [6, 6.07) is 14.8. The molecule has 7 heteroatoms. The lowest BCUT2D eigenvalue weighted by molar-refractivity contribution is -0.121. The lowest BCUT2D eigenvalue weighted by Crippen LogP contribution is -2.35. The largest absolute Gasteiger partial charge is 0.496 e. The Bertz CT molecular complexity index is 970. The van der Waals surface area contributed by atoms with Gasteiger partial charge in [0, 0.05) is 19.5 Å². The monoisotopic (exact) mass is 444 g/mol. The van der Waals surface area contributed by atoms with Crippen LogP contribution >= 0.6 is 0 Å². The van der Waals surface area contributed by atoms with Gasteiger partial charge in [0.2, 0.25) is 15.9 Å². The van der Waals surface area contributed by atoms with E-state index in [1.807, 2.05) is 37.3 Å². The molecule has 0 saturated carbocycles. The second kappa shape index (κ2) is 10.8. The first kappa shape index (κ1) is 23.3. The van der Waals surface area contributed by atoms with Gasteiger partial charge in [-0.3, -0.25) is 4.79 Å². The Morgan fingerprint density at radius 2 is 1.81 bits per heavy atom. The molecule has 2 aromatic rings. The molecule has 0 aromatic heterocycles. The van der Waals surface area contributed by atoms with Gasteiger partial charge in [0.1, 0.15) is 5.75 Å². The van der Waals surface area contributed by atoms with Crippen LogP contribution in [-0.4, -0.2) is 38.8 Å². The number of carbonyl (C=O) groups excluding carboxylic acids is 1. The Hall–Kier alpha value is -2.38. The zero-order chi connectivity index (χ0) is 22.3. The van der Waals surface area contributed by atoms with Crippen LogP contribution in [0, 0.1) is 0 Å². The number of sulfonamides is 1. The molecule has 2 aromatic carbocycles. The summed E-state index contributed by atoms with van der Waals surface area (Å²) in [6.45, 7) is 3.16. The summed E-state index contributed by atoms with van der Waals surface area (Å²) in [5.74, 6) is 0.530. The molecule has 168 valence electrons. The van der Waals surface area contributed by atoms with Crippen LogP contribution in [0.1, 0.15) is 56.2 Å². The number of piperidine rings is 1. The van der Waals surface area contributed by atoms with E-state index in [-0.39, 0.29) is 23.3 Å². The molecule has 1 amide bonds. The molecule has 31 heavy (non-hydrogen) atoms. The molecule has 1 atom stereocenters. The van der Waals surface area contributed by atoms with Crippen molar-refractivity contribution in [2.75, 3.05) is 20.2 Å². The molecule has 6 nitrogen and oxygen atoms in total. The van der Waals surface area contributed by atoms with Crippen molar-refractivity contribution in [3.05, 3.63) is 59.7 Å². The van der Waals surface area contributed by atoms with Gasteiger partial charge in [-0.1, -0.05) is 43.7 Å². The summed E-state index contributed by atoms with van der Waals surface area (Å²) >= 11 is 0. The molecule has 1 heterocycles. The van der Waals surface area contributed by atoms with E-state index in [1.165, 1.54) is 0 Å². The van der Waals surface area contributed by atoms with E-state index in [4.69, 9.17) is 4.74 Å². The van der Waals surface area contributed by atoms with Crippen LogP contribution in [0.5, 0.6) is 5.75 Å². The van der Waals surface area contributed by atoms with Gasteiger partial charge in [0.25, 0.3) is 0 Å². The fourth-order valence-electron chi connectivity index (χ4n) is 3.99. The predicted molar refractivity (Wildman–Crippen MR) is 122 cm³/mol. The summed E-state index contributed by atoms with van der Waals surface area (Å²) in [6.07, 6.45) is 4.31. The Morgan fingerprint density at radius 1 is 1.10 bits per heavy atom. The highest BCUT2D eigenvalue weighted by atomic mass is 32.2. The van der Waals surface area contributed by atoms with Gasteiger partial charge in [0.15, 0.2) is 0 Å². The number of benzene rings is 2. The van der Waals surface area contributed by atoms with E-state index in [0.29, 0.717) is 25.3 Å². The maximum absolute atomic E-state index is 13.0. The van der Waals surface area contributed by atoms with Crippen molar-refractivity contribution in [2.24, 2.45) is 0 Å². The third-order valence-electron chi connectivity index (χ3n) is 5.77. The summed E-state index contributed by atoms with van der Waals surface area (Å²) in [5.41, 5.74) is 1.80. The van der Waals surface area contributed by atoms with Crippen molar-refractivity contribution in [1.82, 2.24) is 9.62 Å². The standard InChI is InChI=1S/C24H32N2O4S/c1-3-22(19-10-6-4-7-11-19)25-24(27)15-12-20-18-21(13-14-23(20)30-2)31(28,29)26-16-8-5-9-17-26/h4,6-7,10-11,13-14,18,22H,3,5,8-9,12,15-17H2,1-2H3,(H,25,27)/t22-/m1/s1. The molecule has 1 aliphatic heterocycles. The minimum atomic E-state index is -3.53. The molecule has 3 rings (SSSR count). The van der Waals surface area contributed by atoms with Crippen LogP contribution in [0.4, 0.5) is 0 Å². The fraction of sp³-hybridized carbons (Fsp3) is 0.458. The average molecular weight is 445 g/mol. The number of aryl methyl sites for hydroxylation is 1. The Labute approximate surface area is 185 Å². The van der Waals surface area contributed by atoms with Crippen molar-refractivity contribution in [1.29, 1.82) is 0 Å². The minimum Gasteiger partial charge on any atom is -0.496 e. The Morgan fingerprint density at radius 3 is 2.45 bits per heavy atom. The molecule has 1 fully saturated rings. The third kappa shape index (κ3) is 5.86. The number of carbonyl (C=O) groups is 1. The van der Waals surface area contributed by atoms with Crippen molar-refractivity contribution in [3.8, 4) is 5.75 Å². The third-order valence-corrected chi connectivity index (χ3v) is 7.67. The minimum absolute atomic E-state index is 0.0404. The molecule has 0 bridgehead atoms. The number of nitrogens with zero attached hydrogens (tertiary/aromatic N) is 1. The number of rotatable bonds is 9. The van der Waals surface area contributed by atoms with E-state index in [2.05, 4.69) is 5.32 Å². The summed E-state index contributed by atoms with van der Waals surface area (Å²) < 4.78 is 33.0. The number of amides is 1. The second-order valence-electron chi connectivity index (χ2n) is 7.88. The van der Waals surface area contributed by atoms with Gasteiger partial charge in [-0.05, 0) is 55.0 Å². The first-order chi connectivity index (χ1) is 15.0. The molecule has 1 aliphatic rings. The predicted octanol–water partition coefficient (Wildman–Crippen LogP) is 4.07. The number of methoxy groups -OCH3 is 1. The normalized spacial score (nSPS) is 15.9. The topological polar surface area (TPSA) is 75.7 Å². The van der Waals surface area contributed by atoms with E-state index in [1.54, 1.807) is 29.6 Å². The molecule has 1 saturated heterocycles. The number of hydrogen-bond donors (Lipinski definition) is 1. The second-order valence-corrected chi connectivity index (χ2v) is 9.82. The molecule has 0 spiro atoms. The van der Waals surface area contributed by atoms with Gasteiger partial charge in [-0.15, -0.1) is 0 Å². The average Bonchev–Trinajstić information content (AvgIpc) is 2.82. The zero-order valence-corrected chi connectivity index (χ0v) is 19.2. The lowest BCUT2D eigenvalue weighted by atomic mass is 10.0. The highest BCUT2D eigenvalue weighted by molar-refractivity contribution is 7.89. The van der Waals surface area contributed by atoms with Gasteiger partial charge in [0.05, 0.1) is 18.0 Å². The first-order valence-electron chi connectivity index (χ1n) is 11.0. The molecule has 0 aliphatic carbocycles. The van der Waals surface area contributed by atoms with Crippen molar-refractivity contribution >= 4 is 15.9 Å². The quantitative estimate of drug-likeness (QED) is 0.633. The van der Waals surface area contributed by atoms with Gasteiger partial charge < -0.3 is 10.1 Å². The zero-order valence-electron chi connectivity index (χ0n) is 18.3. The maximum atomic E-state index is 13.0. The maximum Gasteiger partial charge on any atom is 0.243 e. The van der Waals surface area contributed by atoms with Gasteiger partial charge >= 0.3 is 0 Å². The summed E-state index contributed by atoms with van der Waals surface area (Å²) in [7, 11) is -1.97. The van der Waals surface area contributed by atoms with Crippen LogP contribution < -0.4 is 10.1 Å². The highest BCUT2D eigenvalue weighted by Crippen LogP contribution is 2.27. The molecular weight excluding hydrogens is 412 g/mol. The van der Waals surface area contributed by atoms with Crippen LogP contribution in [0.25, 0.3) is 0 Å². The number of ether oxygens (including phenoxy) is 1. The van der Waals surface area contributed by atoms with Crippen LogP contribution in [0.3, 0.4) is 0 Å². The van der Waals surface area contributed by atoms with Crippen molar-refractivity contribution in [3.63, 3.8) is 0 Å². The van der Waals surface area contributed by atoms with Gasteiger partial charge in [-0.25, -0.2) is 8.42 Å². The molecular formula is C24H32N2O4S. The van der Waals surface area contributed by atoms with Gasteiger partial charge in [-0.2, -0.15) is 4.31 Å². The van der Waals surface area contributed by atoms with Crippen LogP contribution in [0.15, 0.2) is 53.4 Å². The lowest BCUT2D eigenvalue weighted by Gasteiger charge is -2.26. The number of nitrogens with one attached hydrogen (secondary N) is 1. The Balaban J connectivity index is 1.70. The van der Waals surface area contributed by atoms with Crippen molar-refractivity contribution in [2.45, 2.75) is 56.4 Å². The number of hydrogen-bond acceptors (Lipinski definition) is 4. The van der Waals surface area contributed by atoms with E-state index in [0.717, 1.165) is 36.8 Å². The van der Waals surface area contributed by atoms with Crippen molar-refractivity contribution < 1.29 is 17.9 Å². The van der Waals surface area contributed by atoms with Crippen LogP contribution in [0.2, 0.25) is 0 Å². The fourth-order valence-corrected chi connectivity index (χ4v) is 5.55. The first-order valence-corrected chi connectivity index (χ1v) is 12.4. The highest BCUT2D eigenvalue weighted by Gasteiger charge is 2.26. The van der Waals surface area contributed by atoms with E-state index < -0.39 is 10.0 Å². The SMILES string of the molecule is CC[C@@H](NC(=O)CCc1cc(S(=O)(=O)N2CCCCC2)ccc1OC)c1ccccc1. The molecule has 1 N–H and O–H groups in total. The van der Waals surface area contributed by atoms with E-state index >= 15 is 0 Å². The Kier molecular flexibility index (Phi) is 8.09. The summed E-state index contributed by atoms with van der Waals surface area (Å²) in [5, 5.41) is 3.08.